The zero-order valence-electron chi connectivity index (χ0n) is 18.6. The monoisotopic (exact) mass is 418 g/mol. The predicted molar refractivity (Wildman–Crippen MR) is 126 cm³/mol. The number of nitro groups is 1. The van der Waals surface area contributed by atoms with E-state index in [9.17, 15) is 10.1 Å². The van der Waals surface area contributed by atoms with E-state index in [-0.39, 0.29) is 17.6 Å². The van der Waals surface area contributed by atoms with E-state index in [1.54, 1.807) is 12.3 Å². The molecule has 0 radical (unpaired) electrons. The first-order valence-corrected chi connectivity index (χ1v) is 10.7. The van der Waals surface area contributed by atoms with Crippen molar-refractivity contribution in [2.75, 3.05) is 0 Å². The number of nitro benzene ring substituents is 1. The Morgan fingerprint density at radius 2 is 1.87 bits per heavy atom. The van der Waals surface area contributed by atoms with Crippen LogP contribution in [-0.4, -0.2) is 17.2 Å². The molecule has 0 bridgehead atoms. The molecule has 5 nitrogen and oxygen atoms in total. The van der Waals surface area contributed by atoms with Crippen LogP contribution < -0.4 is 4.74 Å². The largest absolute Gasteiger partial charge is 0.488 e. The van der Waals surface area contributed by atoms with E-state index in [0.717, 1.165) is 5.56 Å². The fourth-order valence-corrected chi connectivity index (χ4v) is 3.80. The lowest BCUT2D eigenvalue weighted by atomic mass is 9.78. The van der Waals surface area contributed by atoms with Crippen LogP contribution in [0.15, 0.2) is 77.3 Å². The van der Waals surface area contributed by atoms with E-state index in [1.165, 1.54) is 17.7 Å². The molecule has 162 valence electrons. The number of ether oxygens (including phenoxy) is 1. The molecule has 0 saturated heterocycles. The molecule has 2 aromatic carbocycles. The van der Waals surface area contributed by atoms with Gasteiger partial charge in [0.1, 0.15) is 12.4 Å². The molecule has 3 rings (SSSR count). The van der Waals surface area contributed by atoms with Gasteiger partial charge in [-0.05, 0) is 29.0 Å². The number of nitrogens with zero attached hydrogens (tertiary/aromatic N) is 2. The van der Waals surface area contributed by atoms with Crippen molar-refractivity contribution in [1.82, 2.24) is 0 Å². The summed E-state index contributed by atoms with van der Waals surface area (Å²) in [6, 6.07) is 14.5. The number of hydrogen-bond acceptors (Lipinski definition) is 4. The van der Waals surface area contributed by atoms with Gasteiger partial charge < -0.3 is 4.74 Å². The maximum Gasteiger partial charge on any atom is 0.270 e. The molecule has 0 amide bonds. The van der Waals surface area contributed by atoms with Crippen molar-refractivity contribution in [2.24, 2.45) is 22.7 Å². The van der Waals surface area contributed by atoms with Gasteiger partial charge in [-0.1, -0.05) is 76.3 Å². The molecule has 1 aliphatic rings. The minimum atomic E-state index is -0.391. The van der Waals surface area contributed by atoms with Crippen LogP contribution in [0.2, 0.25) is 0 Å². The molecular formula is C26H30N2O3. The molecular weight excluding hydrogens is 388 g/mol. The molecule has 0 heterocycles. The van der Waals surface area contributed by atoms with Crippen LogP contribution in [0.3, 0.4) is 0 Å². The third-order valence-corrected chi connectivity index (χ3v) is 5.58. The average molecular weight is 419 g/mol. The van der Waals surface area contributed by atoms with Crippen molar-refractivity contribution >= 4 is 11.9 Å². The highest BCUT2D eigenvalue weighted by molar-refractivity contribution is 5.85. The molecule has 2 aromatic rings. The lowest BCUT2D eigenvalue weighted by Crippen LogP contribution is -2.28. The van der Waals surface area contributed by atoms with Gasteiger partial charge in [0, 0.05) is 29.8 Å². The van der Waals surface area contributed by atoms with Crippen LogP contribution in [0.1, 0.15) is 38.8 Å². The lowest BCUT2D eigenvalue weighted by Gasteiger charge is -2.31. The number of rotatable bonds is 8. The van der Waals surface area contributed by atoms with Crippen LogP contribution in [0.25, 0.3) is 0 Å². The van der Waals surface area contributed by atoms with E-state index < -0.39 is 4.92 Å². The van der Waals surface area contributed by atoms with Gasteiger partial charge in [-0.25, -0.2) is 0 Å². The van der Waals surface area contributed by atoms with Gasteiger partial charge in [-0.2, -0.15) is 0 Å². The van der Waals surface area contributed by atoms with Gasteiger partial charge in [-0.3, -0.25) is 15.1 Å². The summed E-state index contributed by atoms with van der Waals surface area (Å²) >= 11 is 0. The number of benzene rings is 2. The summed E-state index contributed by atoms with van der Waals surface area (Å²) in [6.45, 7) is 9.13. The Hall–Kier alpha value is -3.21. The molecule has 2 unspecified atom stereocenters. The quantitative estimate of drug-likeness (QED) is 0.284. The van der Waals surface area contributed by atoms with Crippen LogP contribution in [0.5, 0.6) is 5.75 Å². The van der Waals surface area contributed by atoms with Gasteiger partial charge >= 0.3 is 0 Å². The molecule has 5 heteroatoms. The van der Waals surface area contributed by atoms with Crippen LogP contribution in [0, 0.1) is 27.9 Å². The lowest BCUT2D eigenvalue weighted by molar-refractivity contribution is -0.384. The fourth-order valence-electron chi connectivity index (χ4n) is 3.80. The molecule has 0 spiro atoms. The van der Waals surface area contributed by atoms with Gasteiger partial charge in [0.15, 0.2) is 0 Å². The molecule has 0 fully saturated rings. The van der Waals surface area contributed by atoms with E-state index >= 15 is 0 Å². The standard InChI is InChI=1S/C26H30N2O3/c1-18(2)23-11-8-12-24(19(3)4)26(23)27-16-21-15-22(28(29)30)13-14-25(21)31-17-20-9-6-5-7-10-20/h5-16,18-19,23,26H,17H2,1-4H3/b27-16+. The minimum absolute atomic E-state index is 0.00577. The molecule has 0 aromatic heterocycles. The highest BCUT2D eigenvalue weighted by Crippen LogP contribution is 2.33. The van der Waals surface area contributed by atoms with Crippen molar-refractivity contribution in [3.63, 3.8) is 0 Å². The summed E-state index contributed by atoms with van der Waals surface area (Å²) < 4.78 is 6.00. The Morgan fingerprint density at radius 1 is 1.13 bits per heavy atom. The number of aliphatic imine (C=N–C) groups is 1. The Kier molecular flexibility index (Phi) is 7.40. The first-order chi connectivity index (χ1) is 14.9. The Balaban J connectivity index is 1.92. The predicted octanol–water partition coefficient (Wildman–Crippen LogP) is 6.39. The second kappa shape index (κ2) is 10.2. The van der Waals surface area contributed by atoms with Gasteiger partial charge in [0.05, 0.1) is 11.0 Å². The minimum Gasteiger partial charge on any atom is -0.488 e. The first kappa shape index (κ1) is 22.5. The summed E-state index contributed by atoms with van der Waals surface area (Å²) in [4.78, 5) is 15.9. The van der Waals surface area contributed by atoms with E-state index in [0.29, 0.717) is 29.8 Å². The maximum absolute atomic E-state index is 11.3. The molecule has 0 N–H and O–H groups in total. The Morgan fingerprint density at radius 3 is 2.52 bits per heavy atom. The van der Waals surface area contributed by atoms with Crippen molar-refractivity contribution in [1.29, 1.82) is 0 Å². The third kappa shape index (κ3) is 5.69. The molecule has 0 aliphatic heterocycles. The Bertz CT molecular complexity index is 991. The van der Waals surface area contributed by atoms with Gasteiger partial charge in [0.2, 0.25) is 0 Å². The number of non-ortho nitro benzene ring substituents is 1. The van der Waals surface area contributed by atoms with Crippen LogP contribution in [-0.2, 0) is 6.61 Å². The van der Waals surface area contributed by atoms with E-state index in [4.69, 9.17) is 9.73 Å². The zero-order valence-corrected chi connectivity index (χ0v) is 18.6. The summed E-state index contributed by atoms with van der Waals surface area (Å²) in [5.74, 6) is 1.67. The molecule has 2 atom stereocenters. The summed E-state index contributed by atoms with van der Waals surface area (Å²) in [5.41, 5.74) is 2.95. The smallest absolute Gasteiger partial charge is 0.270 e. The van der Waals surface area contributed by atoms with E-state index in [2.05, 4.69) is 45.9 Å². The second-order valence-electron chi connectivity index (χ2n) is 8.50. The Labute approximate surface area is 184 Å². The normalized spacial score (nSPS) is 18.6. The first-order valence-electron chi connectivity index (χ1n) is 10.7. The molecule has 0 saturated carbocycles. The van der Waals surface area contributed by atoms with Crippen molar-refractivity contribution in [2.45, 2.75) is 40.3 Å². The highest BCUT2D eigenvalue weighted by atomic mass is 16.6. The highest BCUT2D eigenvalue weighted by Gasteiger charge is 2.28. The summed E-state index contributed by atoms with van der Waals surface area (Å²) in [6.07, 6.45) is 8.21. The van der Waals surface area contributed by atoms with Crippen molar-refractivity contribution in [3.05, 3.63) is 93.6 Å². The third-order valence-electron chi connectivity index (χ3n) is 5.58. The maximum atomic E-state index is 11.3. The zero-order chi connectivity index (χ0) is 22.4. The second-order valence-corrected chi connectivity index (χ2v) is 8.50. The molecule has 31 heavy (non-hydrogen) atoms. The van der Waals surface area contributed by atoms with Crippen LogP contribution >= 0.6 is 0 Å². The van der Waals surface area contributed by atoms with Crippen molar-refractivity contribution in [3.8, 4) is 5.75 Å². The van der Waals surface area contributed by atoms with Crippen molar-refractivity contribution < 1.29 is 9.66 Å². The number of allylic oxidation sites excluding steroid dienone is 2. The SMILES string of the molecule is CC(C)C1=CC=CC(C(C)C)C1/N=C/c1cc([N+](=O)[O-])ccc1OCc1ccccc1. The topological polar surface area (TPSA) is 64.7 Å². The molecule has 1 aliphatic carbocycles. The average Bonchev–Trinajstić information content (AvgIpc) is 2.76. The van der Waals surface area contributed by atoms with Gasteiger partial charge in [0.25, 0.3) is 5.69 Å². The summed E-state index contributed by atoms with van der Waals surface area (Å²) in [7, 11) is 0. The van der Waals surface area contributed by atoms with E-state index in [1.807, 2.05) is 30.3 Å². The van der Waals surface area contributed by atoms with Gasteiger partial charge in [-0.15, -0.1) is 0 Å². The number of hydrogen-bond donors (Lipinski definition) is 0. The fraction of sp³-hybridized carbons (Fsp3) is 0.346. The summed E-state index contributed by atoms with van der Waals surface area (Å²) in [5, 5.41) is 11.3. The van der Waals surface area contributed by atoms with Crippen LogP contribution in [0.4, 0.5) is 5.69 Å².